The fourth-order valence-electron chi connectivity index (χ4n) is 1.65. The molecule has 3 heteroatoms. The number of alkyl halides is 1. The van der Waals surface area contributed by atoms with Gasteiger partial charge in [-0.15, -0.1) is 11.6 Å². The normalized spacial score (nSPS) is 12.8. The smallest absolute Gasteiger partial charge is 0.126 e. The lowest BCUT2D eigenvalue weighted by Crippen LogP contribution is -2.07. The van der Waals surface area contributed by atoms with Gasteiger partial charge in [0.25, 0.3) is 0 Å². The SMILES string of the molecule is CCCC(CCl)Cc1cc(F)ccc1F. The summed E-state index contributed by atoms with van der Waals surface area (Å²) in [7, 11) is 0. The van der Waals surface area contributed by atoms with Gasteiger partial charge in [0.05, 0.1) is 0 Å². The van der Waals surface area contributed by atoms with Crippen molar-refractivity contribution in [2.24, 2.45) is 5.92 Å². The summed E-state index contributed by atoms with van der Waals surface area (Å²) in [5, 5.41) is 0. The lowest BCUT2D eigenvalue weighted by Gasteiger charge is -2.13. The minimum atomic E-state index is -0.392. The Morgan fingerprint density at radius 2 is 2.07 bits per heavy atom. The van der Waals surface area contributed by atoms with Crippen LogP contribution in [0.15, 0.2) is 18.2 Å². The number of hydrogen-bond donors (Lipinski definition) is 0. The van der Waals surface area contributed by atoms with Gasteiger partial charge in [-0.3, -0.25) is 0 Å². The van der Waals surface area contributed by atoms with Gasteiger partial charge in [-0.2, -0.15) is 0 Å². The van der Waals surface area contributed by atoms with Crippen molar-refractivity contribution in [2.45, 2.75) is 26.2 Å². The molecule has 1 atom stereocenters. The summed E-state index contributed by atoms with van der Waals surface area (Å²) in [5.74, 6) is -0.0177. The zero-order chi connectivity index (χ0) is 11.3. The number of hydrogen-bond acceptors (Lipinski definition) is 0. The summed E-state index contributed by atoms with van der Waals surface area (Å²) in [6.07, 6.45) is 2.47. The van der Waals surface area contributed by atoms with Crippen molar-refractivity contribution in [1.29, 1.82) is 0 Å². The summed E-state index contributed by atoms with van der Waals surface area (Å²) in [5.41, 5.74) is 0.425. The van der Waals surface area contributed by atoms with Crippen LogP contribution < -0.4 is 0 Å². The second kappa shape index (κ2) is 6.06. The molecule has 84 valence electrons. The summed E-state index contributed by atoms with van der Waals surface area (Å²) in [6.45, 7) is 2.06. The summed E-state index contributed by atoms with van der Waals surface area (Å²) in [4.78, 5) is 0. The Kier molecular flexibility index (Phi) is 5.03. The minimum absolute atomic E-state index is 0.230. The minimum Gasteiger partial charge on any atom is -0.207 e. The monoisotopic (exact) mass is 232 g/mol. The summed E-state index contributed by atoms with van der Waals surface area (Å²) < 4.78 is 26.2. The van der Waals surface area contributed by atoms with Crippen LogP contribution in [-0.2, 0) is 6.42 Å². The van der Waals surface area contributed by atoms with E-state index in [0.29, 0.717) is 17.9 Å². The van der Waals surface area contributed by atoms with E-state index in [1.165, 1.54) is 12.1 Å². The molecule has 0 saturated carbocycles. The number of benzene rings is 1. The fourth-order valence-corrected chi connectivity index (χ4v) is 1.92. The van der Waals surface area contributed by atoms with Gasteiger partial charge in [-0.25, -0.2) is 8.78 Å². The largest absolute Gasteiger partial charge is 0.207 e. The van der Waals surface area contributed by atoms with Crippen LogP contribution in [0.5, 0.6) is 0 Å². The van der Waals surface area contributed by atoms with E-state index < -0.39 is 5.82 Å². The molecule has 0 nitrogen and oxygen atoms in total. The molecule has 0 fully saturated rings. The lowest BCUT2D eigenvalue weighted by atomic mass is 9.96. The number of rotatable bonds is 5. The zero-order valence-electron chi connectivity index (χ0n) is 8.77. The molecule has 0 aliphatic carbocycles. The van der Waals surface area contributed by atoms with Crippen LogP contribution in [0.25, 0.3) is 0 Å². The Bertz CT molecular complexity index is 312. The average molecular weight is 233 g/mol. The lowest BCUT2D eigenvalue weighted by molar-refractivity contribution is 0.504. The summed E-state index contributed by atoms with van der Waals surface area (Å²) in [6, 6.07) is 3.56. The second-order valence-electron chi connectivity index (χ2n) is 3.75. The highest BCUT2D eigenvalue weighted by molar-refractivity contribution is 6.18. The van der Waals surface area contributed by atoms with E-state index in [1.54, 1.807) is 0 Å². The van der Waals surface area contributed by atoms with Crippen molar-refractivity contribution < 1.29 is 8.78 Å². The van der Waals surface area contributed by atoms with Gasteiger partial charge in [-0.1, -0.05) is 13.3 Å². The van der Waals surface area contributed by atoms with Crippen molar-refractivity contribution in [3.05, 3.63) is 35.4 Å². The van der Waals surface area contributed by atoms with Gasteiger partial charge >= 0.3 is 0 Å². The Morgan fingerprint density at radius 1 is 1.33 bits per heavy atom. The molecular formula is C12H15ClF2. The van der Waals surface area contributed by atoms with Crippen LogP contribution in [0.1, 0.15) is 25.3 Å². The quantitative estimate of drug-likeness (QED) is 0.669. The third-order valence-corrected chi connectivity index (χ3v) is 2.87. The molecule has 1 aromatic carbocycles. The molecule has 0 radical (unpaired) electrons. The maximum absolute atomic E-state index is 13.3. The third-order valence-electron chi connectivity index (χ3n) is 2.43. The van der Waals surface area contributed by atoms with Crippen molar-refractivity contribution in [3.8, 4) is 0 Å². The molecule has 1 unspecified atom stereocenters. The highest BCUT2D eigenvalue weighted by atomic mass is 35.5. The molecule has 0 N–H and O–H groups in total. The molecule has 0 spiro atoms. The summed E-state index contributed by atoms with van der Waals surface area (Å²) >= 11 is 5.77. The Hall–Kier alpha value is -0.630. The maximum Gasteiger partial charge on any atom is 0.126 e. The van der Waals surface area contributed by atoms with Gasteiger partial charge < -0.3 is 0 Å². The van der Waals surface area contributed by atoms with Gasteiger partial charge in [-0.05, 0) is 42.5 Å². The third kappa shape index (κ3) is 3.78. The van der Waals surface area contributed by atoms with Gasteiger partial charge in [0, 0.05) is 5.88 Å². The first kappa shape index (κ1) is 12.4. The predicted octanol–water partition coefficient (Wildman–Crippen LogP) is 4.16. The zero-order valence-corrected chi connectivity index (χ0v) is 9.53. The van der Waals surface area contributed by atoms with Crippen LogP contribution >= 0.6 is 11.6 Å². The van der Waals surface area contributed by atoms with Crippen LogP contribution in [-0.4, -0.2) is 5.88 Å². The van der Waals surface area contributed by atoms with Crippen LogP contribution in [0, 0.1) is 17.6 Å². The standard InChI is InChI=1S/C12H15ClF2/c1-2-3-9(8-13)6-10-7-11(14)4-5-12(10)15/h4-5,7,9H,2-3,6,8H2,1H3. The van der Waals surface area contributed by atoms with E-state index in [9.17, 15) is 8.78 Å². The first-order valence-electron chi connectivity index (χ1n) is 5.17. The van der Waals surface area contributed by atoms with Gasteiger partial charge in [0.1, 0.15) is 11.6 Å². The van der Waals surface area contributed by atoms with Gasteiger partial charge in [0.15, 0.2) is 0 Å². The molecule has 1 aromatic rings. The van der Waals surface area contributed by atoms with Crippen molar-refractivity contribution in [2.75, 3.05) is 5.88 Å². The van der Waals surface area contributed by atoms with E-state index in [4.69, 9.17) is 11.6 Å². The van der Waals surface area contributed by atoms with Crippen LogP contribution in [0.4, 0.5) is 8.78 Å². The molecule has 0 bridgehead atoms. The molecule has 15 heavy (non-hydrogen) atoms. The fraction of sp³-hybridized carbons (Fsp3) is 0.500. The van der Waals surface area contributed by atoms with Gasteiger partial charge in [0.2, 0.25) is 0 Å². The molecule has 0 aromatic heterocycles. The van der Waals surface area contributed by atoms with E-state index in [2.05, 4.69) is 6.92 Å². The molecule has 0 saturated heterocycles. The molecule has 0 heterocycles. The Morgan fingerprint density at radius 3 is 2.67 bits per heavy atom. The van der Waals surface area contributed by atoms with E-state index in [-0.39, 0.29) is 11.7 Å². The van der Waals surface area contributed by atoms with E-state index in [0.717, 1.165) is 18.9 Å². The average Bonchev–Trinajstić information content (AvgIpc) is 2.22. The van der Waals surface area contributed by atoms with Crippen molar-refractivity contribution in [3.63, 3.8) is 0 Å². The highest BCUT2D eigenvalue weighted by Crippen LogP contribution is 2.18. The molecule has 1 rings (SSSR count). The molecule has 0 aliphatic heterocycles. The predicted molar refractivity (Wildman–Crippen MR) is 59.2 cm³/mol. The first-order valence-corrected chi connectivity index (χ1v) is 5.70. The Balaban J connectivity index is 2.73. The maximum atomic E-state index is 13.3. The van der Waals surface area contributed by atoms with E-state index in [1.807, 2.05) is 0 Å². The molecule has 0 amide bonds. The van der Waals surface area contributed by atoms with E-state index >= 15 is 0 Å². The van der Waals surface area contributed by atoms with Crippen molar-refractivity contribution in [1.82, 2.24) is 0 Å². The van der Waals surface area contributed by atoms with Crippen LogP contribution in [0.2, 0.25) is 0 Å². The second-order valence-corrected chi connectivity index (χ2v) is 4.06. The topological polar surface area (TPSA) is 0 Å². The molecule has 0 aliphatic rings. The molecular weight excluding hydrogens is 218 g/mol. The first-order chi connectivity index (χ1) is 7.17. The van der Waals surface area contributed by atoms with Crippen molar-refractivity contribution >= 4 is 11.6 Å². The number of halogens is 3. The van der Waals surface area contributed by atoms with Crippen LogP contribution in [0.3, 0.4) is 0 Å². The Labute approximate surface area is 94.3 Å². The highest BCUT2D eigenvalue weighted by Gasteiger charge is 2.11.